The van der Waals surface area contributed by atoms with Crippen LogP contribution < -0.4 is 4.90 Å². The van der Waals surface area contributed by atoms with E-state index in [9.17, 15) is 14.4 Å². The van der Waals surface area contributed by atoms with Crippen molar-refractivity contribution in [2.75, 3.05) is 4.90 Å². The zero-order valence-corrected chi connectivity index (χ0v) is 19.2. The van der Waals surface area contributed by atoms with Gasteiger partial charge in [0.2, 0.25) is 11.8 Å². The number of rotatable bonds is 3. The summed E-state index contributed by atoms with van der Waals surface area (Å²) in [5.41, 5.74) is 3.12. The molecule has 3 aliphatic rings. The van der Waals surface area contributed by atoms with E-state index in [-0.39, 0.29) is 23.6 Å². The van der Waals surface area contributed by atoms with E-state index in [2.05, 4.69) is 0 Å². The Morgan fingerprint density at radius 2 is 1.76 bits per heavy atom. The first-order valence-electron chi connectivity index (χ1n) is 10.7. The van der Waals surface area contributed by atoms with Crippen molar-refractivity contribution in [2.24, 2.45) is 11.8 Å². The van der Waals surface area contributed by atoms with Crippen LogP contribution in [0.4, 0.5) is 5.69 Å². The Labute approximate surface area is 199 Å². The standard InChI is InChI=1S/C26H19ClN2O3S/c1-14-17(27)8-4-9-18(14)29-25(31)20-21(26(29)32)23(24(30)19-10-5-13-33-19)28-12-11-15-6-2-3-7-16(15)22(20)28/h2-13,20-23H,1H3/t20-,21+,22-,23+/m0/s1. The molecule has 3 aromatic rings. The van der Waals surface area contributed by atoms with Gasteiger partial charge in [-0.15, -0.1) is 11.3 Å². The summed E-state index contributed by atoms with van der Waals surface area (Å²) < 4.78 is 0. The Bertz CT molecular complexity index is 1350. The van der Waals surface area contributed by atoms with Crippen molar-refractivity contribution in [1.29, 1.82) is 0 Å². The summed E-state index contributed by atoms with van der Waals surface area (Å²) in [4.78, 5) is 45.2. The van der Waals surface area contributed by atoms with Gasteiger partial charge in [-0.25, -0.2) is 4.90 Å². The summed E-state index contributed by atoms with van der Waals surface area (Å²) in [5.74, 6) is -2.18. The number of ketones is 1. The number of benzene rings is 2. The number of fused-ring (bicyclic) bond motifs is 5. The summed E-state index contributed by atoms with van der Waals surface area (Å²) >= 11 is 7.67. The van der Waals surface area contributed by atoms with Crippen molar-refractivity contribution in [2.45, 2.75) is 19.0 Å². The number of thiophene rings is 1. The van der Waals surface area contributed by atoms with E-state index < -0.39 is 17.9 Å². The van der Waals surface area contributed by atoms with Crippen molar-refractivity contribution >= 4 is 52.3 Å². The van der Waals surface area contributed by atoms with Crippen LogP contribution in [0.1, 0.15) is 32.4 Å². The number of hydrogen-bond acceptors (Lipinski definition) is 5. The maximum Gasteiger partial charge on any atom is 0.240 e. The van der Waals surface area contributed by atoms with E-state index in [1.807, 2.05) is 52.9 Å². The highest BCUT2D eigenvalue weighted by atomic mass is 35.5. The fourth-order valence-electron chi connectivity index (χ4n) is 5.50. The van der Waals surface area contributed by atoms with Crippen LogP contribution in [0.3, 0.4) is 0 Å². The molecule has 0 unspecified atom stereocenters. The molecule has 2 saturated heterocycles. The Morgan fingerprint density at radius 3 is 2.55 bits per heavy atom. The fraction of sp³-hybridized carbons (Fsp3) is 0.192. The molecule has 0 N–H and O–H groups in total. The number of hydrogen-bond donors (Lipinski definition) is 0. The first-order valence-corrected chi connectivity index (χ1v) is 12.0. The van der Waals surface area contributed by atoms with E-state index >= 15 is 0 Å². The third-order valence-corrected chi connectivity index (χ3v) is 8.27. The molecule has 2 amide bonds. The average molecular weight is 475 g/mol. The topological polar surface area (TPSA) is 57.7 Å². The maximum absolute atomic E-state index is 13.9. The van der Waals surface area contributed by atoms with Crippen LogP contribution in [0, 0.1) is 18.8 Å². The van der Waals surface area contributed by atoms with Crippen LogP contribution in [0.15, 0.2) is 66.2 Å². The molecule has 7 heteroatoms. The Kier molecular flexibility index (Phi) is 4.57. The molecule has 0 spiro atoms. The molecule has 164 valence electrons. The molecule has 0 aliphatic carbocycles. The Hall–Kier alpha value is -3.22. The number of Topliss-reactive ketones (excluding diaryl/α,β-unsaturated/α-hetero) is 1. The molecular weight excluding hydrogens is 456 g/mol. The van der Waals surface area contributed by atoms with Gasteiger partial charge >= 0.3 is 0 Å². The molecule has 2 fully saturated rings. The van der Waals surface area contributed by atoms with Gasteiger partial charge in [0.05, 0.1) is 28.4 Å². The van der Waals surface area contributed by atoms with Crippen LogP contribution in [-0.4, -0.2) is 28.5 Å². The second-order valence-corrected chi connectivity index (χ2v) is 9.93. The maximum atomic E-state index is 13.9. The Balaban J connectivity index is 1.52. The SMILES string of the molecule is Cc1c(Cl)cccc1N1C(=O)[C@@H]2[C@H](C1=O)[C@@H]1c3ccccc3C=CN1[C@H]2C(=O)c1cccs1. The zero-order valence-electron chi connectivity index (χ0n) is 17.6. The summed E-state index contributed by atoms with van der Waals surface area (Å²) in [7, 11) is 0. The van der Waals surface area contributed by atoms with Gasteiger partial charge in [0.25, 0.3) is 0 Å². The number of carbonyl (C=O) groups is 3. The smallest absolute Gasteiger partial charge is 0.240 e. The van der Waals surface area contributed by atoms with E-state index in [1.54, 1.807) is 31.2 Å². The predicted octanol–water partition coefficient (Wildman–Crippen LogP) is 5.11. The van der Waals surface area contributed by atoms with Gasteiger partial charge in [0.15, 0.2) is 5.78 Å². The van der Waals surface area contributed by atoms with Crippen LogP contribution in [0.2, 0.25) is 5.02 Å². The van der Waals surface area contributed by atoms with E-state index in [4.69, 9.17) is 11.6 Å². The molecule has 0 saturated carbocycles. The minimum absolute atomic E-state index is 0.127. The highest BCUT2D eigenvalue weighted by Crippen LogP contribution is 2.54. The quantitative estimate of drug-likeness (QED) is 0.391. The monoisotopic (exact) mass is 474 g/mol. The zero-order chi connectivity index (χ0) is 22.9. The second kappa shape index (κ2) is 7.40. The lowest BCUT2D eigenvalue weighted by molar-refractivity contribution is -0.123. The van der Waals surface area contributed by atoms with Crippen LogP contribution >= 0.6 is 22.9 Å². The highest BCUT2D eigenvalue weighted by Gasteiger charge is 2.64. The van der Waals surface area contributed by atoms with Crippen molar-refractivity contribution in [1.82, 2.24) is 4.90 Å². The van der Waals surface area contributed by atoms with Crippen LogP contribution in [0.5, 0.6) is 0 Å². The third kappa shape index (κ3) is 2.81. The van der Waals surface area contributed by atoms with Gasteiger partial charge in [-0.3, -0.25) is 14.4 Å². The normalized spacial score (nSPS) is 25.3. The van der Waals surface area contributed by atoms with Crippen molar-refractivity contribution in [3.63, 3.8) is 0 Å². The summed E-state index contributed by atoms with van der Waals surface area (Å²) in [6, 6.07) is 15.5. The average Bonchev–Trinajstić information content (AvgIpc) is 3.52. The largest absolute Gasteiger partial charge is 0.358 e. The minimum Gasteiger partial charge on any atom is -0.358 e. The third-order valence-electron chi connectivity index (χ3n) is 6.97. The molecule has 1 aromatic heterocycles. The molecular formula is C26H19ClN2O3S. The van der Waals surface area contributed by atoms with Crippen molar-refractivity contribution in [3.8, 4) is 0 Å². The lowest BCUT2D eigenvalue weighted by Gasteiger charge is -2.35. The molecule has 33 heavy (non-hydrogen) atoms. The lowest BCUT2D eigenvalue weighted by Crippen LogP contribution is -2.44. The number of imide groups is 1. The van der Waals surface area contributed by atoms with Gasteiger partial charge in [-0.2, -0.15) is 0 Å². The van der Waals surface area contributed by atoms with Crippen LogP contribution in [-0.2, 0) is 9.59 Å². The number of anilines is 1. The number of halogens is 1. The van der Waals surface area contributed by atoms with Crippen LogP contribution in [0.25, 0.3) is 6.08 Å². The fourth-order valence-corrected chi connectivity index (χ4v) is 6.36. The summed E-state index contributed by atoms with van der Waals surface area (Å²) in [5, 5.41) is 2.34. The van der Waals surface area contributed by atoms with Gasteiger partial charge < -0.3 is 4.90 Å². The molecule has 5 nitrogen and oxygen atoms in total. The molecule has 2 aromatic carbocycles. The second-order valence-electron chi connectivity index (χ2n) is 8.57. The molecule has 4 heterocycles. The predicted molar refractivity (Wildman–Crippen MR) is 128 cm³/mol. The molecule has 0 radical (unpaired) electrons. The lowest BCUT2D eigenvalue weighted by atomic mass is 9.84. The molecule has 6 rings (SSSR count). The number of amides is 2. The van der Waals surface area contributed by atoms with Gasteiger partial charge in [-0.1, -0.05) is 48.0 Å². The molecule has 4 atom stereocenters. The first-order chi connectivity index (χ1) is 16.0. The van der Waals surface area contributed by atoms with Gasteiger partial charge in [0.1, 0.15) is 6.04 Å². The minimum atomic E-state index is -0.772. The molecule has 0 bridgehead atoms. The highest BCUT2D eigenvalue weighted by molar-refractivity contribution is 7.12. The first kappa shape index (κ1) is 20.4. The Morgan fingerprint density at radius 1 is 0.970 bits per heavy atom. The number of nitrogens with zero attached hydrogens (tertiary/aromatic N) is 2. The van der Waals surface area contributed by atoms with E-state index in [1.165, 1.54) is 16.2 Å². The van der Waals surface area contributed by atoms with Crippen molar-refractivity contribution in [3.05, 3.63) is 92.8 Å². The summed E-state index contributed by atoms with van der Waals surface area (Å²) in [6.07, 6.45) is 3.83. The number of carbonyl (C=O) groups excluding carboxylic acids is 3. The van der Waals surface area contributed by atoms with E-state index in [0.717, 1.165) is 11.1 Å². The summed E-state index contributed by atoms with van der Waals surface area (Å²) in [6.45, 7) is 1.80. The van der Waals surface area contributed by atoms with Gasteiger partial charge in [0, 0.05) is 11.2 Å². The van der Waals surface area contributed by atoms with Crippen molar-refractivity contribution < 1.29 is 14.4 Å². The van der Waals surface area contributed by atoms with Gasteiger partial charge in [-0.05, 0) is 53.3 Å². The molecule has 3 aliphatic heterocycles. The van der Waals surface area contributed by atoms with E-state index in [0.29, 0.717) is 21.2 Å².